The Bertz CT molecular complexity index is 1120. The van der Waals surface area contributed by atoms with Gasteiger partial charge in [-0.25, -0.2) is 9.97 Å². The lowest BCUT2D eigenvalue weighted by atomic mass is 10.0. The highest BCUT2D eigenvalue weighted by molar-refractivity contribution is 5.80. The number of nitrogens with two attached hydrogens (primary N) is 1. The minimum Gasteiger partial charge on any atom is -0.494 e. The van der Waals surface area contributed by atoms with E-state index < -0.39 is 0 Å². The number of nitrogen functional groups attached to an aromatic ring is 1. The molecule has 0 saturated carbocycles. The molecule has 0 saturated heterocycles. The van der Waals surface area contributed by atoms with Gasteiger partial charge in [0, 0.05) is 55.4 Å². The predicted molar refractivity (Wildman–Crippen MR) is 132 cm³/mol. The molecule has 0 unspecified atom stereocenters. The molecule has 1 aromatic carbocycles. The first-order valence-corrected chi connectivity index (χ1v) is 10.8. The maximum atomic E-state index is 6.39. The van der Waals surface area contributed by atoms with Crippen LogP contribution in [-0.4, -0.2) is 61.2 Å². The van der Waals surface area contributed by atoms with Gasteiger partial charge < -0.3 is 30.6 Å². The number of aryl methyl sites for hydroxylation is 1. The quantitative estimate of drug-likeness (QED) is 0.466. The Labute approximate surface area is 189 Å². The summed E-state index contributed by atoms with van der Waals surface area (Å²) < 4.78 is 5.64. The highest BCUT2D eigenvalue weighted by Crippen LogP contribution is 2.36. The number of H-pyrrole nitrogens is 1. The fourth-order valence-electron chi connectivity index (χ4n) is 3.86. The topological polar surface area (TPSA) is 95.3 Å². The van der Waals surface area contributed by atoms with E-state index in [0.717, 1.165) is 48.6 Å². The minimum atomic E-state index is 0.489. The second kappa shape index (κ2) is 9.32. The number of fused-ring (bicyclic) bond motifs is 1. The Morgan fingerprint density at radius 3 is 2.84 bits per heavy atom. The van der Waals surface area contributed by atoms with Gasteiger partial charge in [0.15, 0.2) is 0 Å². The Morgan fingerprint density at radius 1 is 1.22 bits per heavy atom. The summed E-state index contributed by atoms with van der Waals surface area (Å²) in [6, 6.07) is 5.74. The molecule has 0 amide bonds. The van der Waals surface area contributed by atoms with Crippen molar-refractivity contribution in [1.82, 2.24) is 19.9 Å². The van der Waals surface area contributed by atoms with Crippen LogP contribution in [0.25, 0.3) is 17.3 Å². The van der Waals surface area contributed by atoms with Gasteiger partial charge in [-0.05, 0) is 39.1 Å². The van der Waals surface area contributed by atoms with E-state index in [1.165, 1.54) is 11.3 Å². The molecule has 0 aliphatic heterocycles. The van der Waals surface area contributed by atoms with Crippen molar-refractivity contribution in [2.45, 2.75) is 12.8 Å². The molecule has 2 heterocycles. The van der Waals surface area contributed by atoms with E-state index in [-0.39, 0.29) is 0 Å². The molecule has 1 aliphatic rings. The van der Waals surface area contributed by atoms with E-state index in [1.54, 1.807) is 13.3 Å². The van der Waals surface area contributed by atoms with Gasteiger partial charge in [-0.2, -0.15) is 0 Å². The average Bonchev–Trinajstić information content (AvgIpc) is 3.22. The lowest BCUT2D eigenvalue weighted by Gasteiger charge is -2.24. The van der Waals surface area contributed by atoms with E-state index in [0.29, 0.717) is 17.4 Å². The van der Waals surface area contributed by atoms with Crippen LogP contribution in [0.2, 0.25) is 0 Å². The Balaban J connectivity index is 1.59. The third-order valence-electron chi connectivity index (χ3n) is 5.67. The molecular formula is C24H31N7O. The molecule has 0 radical (unpaired) electrons. The number of hydrogen-bond acceptors (Lipinski definition) is 7. The van der Waals surface area contributed by atoms with Crippen molar-refractivity contribution in [2.75, 3.05) is 57.3 Å². The van der Waals surface area contributed by atoms with E-state index in [4.69, 9.17) is 15.5 Å². The molecule has 0 spiro atoms. The zero-order valence-electron chi connectivity index (χ0n) is 19.1. The van der Waals surface area contributed by atoms with Gasteiger partial charge in [0.05, 0.1) is 29.9 Å². The largest absolute Gasteiger partial charge is 0.494 e. The van der Waals surface area contributed by atoms with Crippen LogP contribution in [0.15, 0.2) is 36.7 Å². The third-order valence-corrected chi connectivity index (χ3v) is 5.67. The summed E-state index contributed by atoms with van der Waals surface area (Å²) in [6.07, 6.45) is 10.2. The van der Waals surface area contributed by atoms with Gasteiger partial charge in [0.25, 0.3) is 0 Å². The van der Waals surface area contributed by atoms with Crippen molar-refractivity contribution in [3.8, 4) is 17.0 Å². The van der Waals surface area contributed by atoms with Crippen molar-refractivity contribution in [1.29, 1.82) is 0 Å². The SMILES string of the molecule is COc1cc(N(C)CCN(C)C)c(N)cc1Nc1nccc(-c2c[nH]c3c2C=CCC3)n1. The molecule has 8 heteroatoms. The number of anilines is 4. The Morgan fingerprint density at radius 2 is 2.06 bits per heavy atom. The highest BCUT2D eigenvalue weighted by atomic mass is 16.5. The smallest absolute Gasteiger partial charge is 0.227 e. The molecule has 4 N–H and O–H groups in total. The number of rotatable bonds is 8. The molecule has 168 valence electrons. The number of aromatic nitrogens is 3. The fourth-order valence-corrected chi connectivity index (χ4v) is 3.86. The summed E-state index contributed by atoms with van der Waals surface area (Å²) >= 11 is 0. The standard InChI is InChI=1S/C24H31N7O/c1-30(2)11-12-31(3)22-14-23(32-4)21(13-18(22)25)29-24-26-10-9-20(28-24)17-15-27-19-8-6-5-7-16(17)19/h5,7,9-10,13-15,27H,6,8,11-12,25H2,1-4H3,(H,26,28,29). The van der Waals surface area contributed by atoms with Crippen LogP contribution in [0.5, 0.6) is 5.75 Å². The van der Waals surface area contributed by atoms with Gasteiger partial charge in [0.1, 0.15) is 5.75 Å². The summed E-state index contributed by atoms with van der Waals surface area (Å²) in [4.78, 5) is 16.8. The number of methoxy groups -OCH3 is 1. The lowest BCUT2D eigenvalue weighted by molar-refractivity contribution is 0.413. The van der Waals surface area contributed by atoms with Gasteiger partial charge in [-0.15, -0.1) is 0 Å². The Hall–Kier alpha value is -3.52. The first-order valence-electron chi connectivity index (χ1n) is 10.8. The summed E-state index contributed by atoms with van der Waals surface area (Å²) in [5, 5.41) is 3.28. The molecule has 2 aromatic heterocycles. The van der Waals surface area contributed by atoms with E-state index >= 15 is 0 Å². The number of nitrogens with zero attached hydrogens (tertiary/aromatic N) is 4. The van der Waals surface area contributed by atoms with Crippen LogP contribution in [0.4, 0.5) is 23.0 Å². The van der Waals surface area contributed by atoms with Crippen LogP contribution >= 0.6 is 0 Å². The van der Waals surface area contributed by atoms with Crippen molar-refractivity contribution >= 4 is 29.1 Å². The van der Waals surface area contributed by atoms with E-state index in [2.05, 4.69) is 51.3 Å². The number of ether oxygens (including phenoxy) is 1. The van der Waals surface area contributed by atoms with Gasteiger partial charge in [-0.3, -0.25) is 0 Å². The third kappa shape index (κ3) is 4.55. The molecule has 8 nitrogen and oxygen atoms in total. The number of allylic oxidation sites excluding steroid dienone is 1. The van der Waals surface area contributed by atoms with Crippen LogP contribution in [0.1, 0.15) is 17.7 Å². The molecule has 0 atom stereocenters. The molecule has 3 aromatic rings. The first-order chi connectivity index (χ1) is 15.5. The maximum Gasteiger partial charge on any atom is 0.227 e. The average molecular weight is 434 g/mol. The second-order valence-electron chi connectivity index (χ2n) is 8.26. The number of likely N-dealkylation sites (N-methyl/N-ethyl adjacent to an activating group) is 2. The zero-order valence-corrected chi connectivity index (χ0v) is 19.1. The van der Waals surface area contributed by atoms with Gasteiger partial charge in [0.2, 0.25) is 5.95 Å². The summed E-state index contributed by atoms with van der Waals surface area (Å²) in [5.41, 5.74) is 13.1. The van der Waals surface area contributed by atoms with Crippen molar-refractivity contribution < 1.29 is 4.74 Å². The molecular weight excluding hydrogens is 402 g/mol. The van der Waals surface area contributed by atoms with Crippen LogP contribution < -0.4 is 20.7 Å². The zero-order chi connectivity index (χ0) is 22.7. The number of nitrogens with one attached hydrogen (secondary N) is 2. The van der Waals surface area contributed by atoms with E-state index in [1.807, 2.05) is 31.4 Å². The minimum absolute atomic E-state index is 0.489. The summed E-state index contributed by atoms with van der Waals surface area (Å²) in [6.45, 7) is 1.78. The molecule has 0 fully saturated rings. The summed E-state index contributed by atoms with van der Waals surface area (Å²) in [5.74, 6) is 1.17. The van der Waals surface area contributed by atoms with Gasteiger partial charge >= 0.3 is 0 Å². The Kier molecular flexibility index (Phi) is 6.32. The van der Waals surface area contributed by atoms with Crippen molar-refractivity contribution in [3.05, 3.63) is 47.9 Å². The first kappa shape index (κ1) is 21.7. The van der Waals surface area contributed by atoms with Crippen LogP contribution in [0.3, 0.4) is 0 Å². The van der Waals surface area contributed by atoms with Crippen molar-refractivity contribution in [3.63, 3.8) is 0 Å². The maximum absolute atomic E-state index is 6.39. The number of hydrogen-bond donors (Lipinski definition) is 3. The van der Waals surface area contributed by atoms with Crippen LogP contribution in [-0.2, 0) is 6.42 Å². The van der Waals surface area contributed by atoms with Gasteiger partial charge in [-0.1, -0.05) is 12.2 Å². The number of aromatic amines is 1. The van der Waals surface area contributed by atoms with Crippen molar-refractivity contribution in [2.24, 2.45) is 0 Å². The second-order valence-corrected chi connectivity index (χ2v) is 8.26. The molecule has 32 heavy (non-hydrogen) atoms. The van der Waals surface area contributed by atoms with Crippen LogP contribution in [0, 0.1) is 0 Å². The predicted octanol–water partition coefficient (Wildman–Crippen LogP) is 3.76. The molecule has 1 aliphatic carbocycles. The molecule has 0 bridgehead atoms. The molecule has 4 rings (SSSR count). The number of benzene rings is 1. The fraction of sp³-hybridized carbons (Fsp3) is 0.333. The highest BCUT2D eigenvalue weighted by Gasteiger charge is 2.16. The summed E-state index contributed by atoms with van der Waals surface area (Å²) in [7, 11) is 7.79. The van der Waals surface area contributed by atoms with E-state index in [9.17, 15) is 0 Å². The normalized spacial score (nSPS) is 12.7. The monoisotopic (exact) mass is 433 g/mol. The lowest BCUT2D eigenvalue weighted by Crippen LogP contribution is -2.29.